The molecule has 0 fully saturated rings. The Morgan fingerprint density at radius 3 is 2.46 bits per heavy atom. The van der Waals surface area contributed by atoms with Gasteiger partial charge in [-0.15, -0.1) is 0 Å². The Kier molecular flexibility index (Phi) is 6.52. The molecule has 0 spiro atoms. The Balaban J connectivity index is 3.83. The van der Waals surface area contributed by atoms with E-state index in [0.29, 0.717) is 4.83 Å². The first-order chi connectivity index (χ1) is 5.88. The van der Waals surface area contributed by atoms with E-state index in [-0.39, 0.29) is 10.9 Å². The van der Waals surface area contributed by atoms with Gasteiger partial charge in [0, 0.05) is 9.15 Å². The molecule has 0 aliphatic carbocycles. The predicted molar refractivity (Wildman–Crippen MR) is 65.8 cm³/mol. The van der Waals surface area contributed by atoms with Crippen molar-refractivity contribution in [2.45, 2.75) is 42.8 Å². The summed E-state index contributed by atoms with van der Waals surface area (Å²) in [7, 11) is 0. The van der Waals surface area contributed by atoms with Crippen LogP contribution in [0.3, 0.4) is 0 Å². The highest BCUT2D eigenvalue weighted by Crippen LogP contribution is 2.30. The van der Waals surface area contributed by atoms with Gasteiger partial charge in [-0.1, -0.05) is 43.5 Å². The second kappa shape index (κ2) is 6.20. The minimum atomic E-state index is 0.131. The highest BCUT2D eigenvalue weighted by Gasteiger charge is 2.23. The zero-order valence-corrected chi connectivity index (χ0v) is 11.7. The van der Waals surface area contributed by atoms with E-state index in [4.69, 9.17) is 5.11 Å². The molecule has 0 saturated carbocycles. The second-order valence-electron chi connectivity index (χ2n) is 3.80. The van der Waals surface area contributed by atoms with Gasteiger partial charge in [-0.05, 0) is 33.6 Å². The van der Waals surface area contributed by atoms with Gasteiger partial charge < -0.3 is 5.11 Å². The van der Waals surface area contributed by atoms with Crippen molar-refractivity contribution in [2.75, 3.05) is 6.61 Å². The van der Waals surface area contributed by atoms with Crippen molar-refractivity contribution in [3.05, 3.63) is 11.6 Å². The highest BCUT2D eigenvalue weighted by molar-refractivity contribution is 9.12. The number of alkyl halides is 2. The lowest BCUT2D eigenvalue weighted by molar-refractivity contribution is 0.341. The highest BCUT2D eigenvalue weighted by atomic mass is 79.9. The summed E-state index contributed by atoms with van der Waals surface area (Å²) < 4.78 is 0.131. The molecule has 1 atom stereocenters. The SMILES string of the molecule is C/C(=C\CO)CCC(Br)C(C)(C)Br. The molecule has 0 saturated heterocycles. The van der Waals surface area contributed by atoms with Crippen LogP contribution in [-0.4, -0.2) is 20.9 Å². The summed E-state index contributed by atoms with van der Waals surface area (Å²) in [6.07, 6.45) is 3.98. The summed E-state index contributed by atoms with van der Waals surface area (Å²) in [5, 5.41) is 8.66. The Labute approximate surface area is 97.9 Å². The fourth-order valence-electron chi connectivity index (χ4n) is 0.956. The average Bonchev–Trinajstić information content (AvgIpc) is 1.99. The number of aliphatic hydroxyl groups is 1. The maximum atomic E-state index is 8.66. The molecule has 1 nitrogen and oxygen atoms in total. The molecule has 1 unspecified atom stereocenters. The summed E-state index contributed by atoms with van der Waals surface area (Å²) in [6, 6.07) is 0. The summed E-state index contributed by atoms with van der Waals surface area (Å²) in [5.74, 6) is 0. The van der Waals surface area contributed by atoms with Crippen LogP contribution in [0, 0.1) is 0 Å². The summed E-state index contributed by atoms with van der Waals surface area (Å²) in [4.78, 5) is 0.460. The molecule has 0 aromatic heterocycles. The molecular weight excluding hydrogens is 296 g/mol. The maximum Gasteiger partial charge on any atom is 0.0614 e. The third kappa shape index (κ3) is 6.69. The van der Waals surface area contributed by atoms with E-state index in [1.807, 2.05) is 6.08 Å². The van der Waals surface area contributed by atoms with Crippen molar-refractivity contribution in [1.29, 1.82) is 0 Å². The monoisotopic (exact) mass is 312 g/mol. The quantitative estimate of drug-likeness (QED) is 0.607. The van der Waals surface area contributed by atoms with Gasteiger partial charge in [-0.2, -0.15) is 0 Å². The molecule has 0 aromatic carbocycles. The fraction of sp³-hybridized carbons (Fsp3) is 0.800. The summed E-state index contributed by atoms with van der Waals surface area (Å²) in [6.45, 7) is 6.50. The van der Waals surface area contributed by atoms with Crippen LogP contribution in [-0.2, 0) is 0 Å². The number of hydrogen-bond acceptors (Lipinski definition) is 1. The molecule has 0 rings (SSSR count). The van der Waals surface area contributed by atoms with Gasteiger partial charge in [-0.25, -0.2) is 0 Å². The van der Waals surface area contributed by atoms with Crippen LogP contribution in [0.2, 0.25) is 0 Å². The lowest BCUT2D eigenvalue weighted by atomic mass is 10.0. The minimum absolute atomic E-state index is 0.131. The Bertz CT molecular complexity index is 170. The molecule has 0 aliphatic heterocycles. The van der Waals surface area contributed by atoms with Crippen molar-refractivity contribution in [3.8, 4) is 0 Å². The lowest BCUT2D eigenvalue weighted by Crippen LogP contribution is -2.23. The largest absolute Gasteiger partial charge is 0.392 e. The van der Waals surface area contributed by atoms with E-state index in [0.717, 1.165) is 12.8 Å². The minimum Gasteiger partial charge on any atom is -0.392 e. The molecule has 0 aromatic rings. The molecule has 1 N–H and O–H groups in total. The average molecular weight is 314 g/mol. The van der Waals surface area contributed by atoms with E-state index >= 15 is 0 Å². The molecule has 0 radical (unpaired) electrons. The van der Waals surface area contributed by atoms with E-state index in [1.165, 1.54) is 5.57 Å². The van der Waals surface area contributed by atoms with Crippen LogP contribution < -0.4 is 0 Å². The number of rotatable bonds is 5. The third-order valence-corrected chi connectivity index (χ3v) is 4.75. The zero-order valence-electron chi connectivity index (χ0n) is 8.48. The van der Waals surface area contributed by atoms with Crippen molar-refractivity contribution in [2.24, 2.45) is 0 Å². The van der Waals surface area contributed by atoms with Crippen LogP contribution in [0.4, 0.5) is 0 Å². The van der Waals surface area contributed by atoms with Gasteiger partial charge in [-0.3, -0.25) is 0 Å². The first kappa shape index (κ1) is 13.7. The maximum absolute atomic E-state index is 8.66. The van der Waals surface area contributed by atoms with Crippen LogP contribution in [0.15, 0.2) is 11.6 Å². The normalized spacial score (nSPS) is 16.0. The Morgan fingerprint density at radius 1 is 1.54 bits per heavy atom. The van der Waals surface area contributed by atoms with Gasteiger partial charge in [0.25, 0.3) is 0 Å². The van der Waals surface area contributed by atoms with Gasteiger partial charge in [0.15, 0.2) is 0 Å². The van der Waals surface area contributed by atoms with Crippen LogP contribution >= 0.6 is 31.9 Å². The van der Waals surface area contributed by atoms with Gasteiger partial charge in [0.2, 0.25) is 0 Å². The number of aliphatic hydroxyl groups excluding tert-OH is 1. The second-order valence-corrected chi connectivity index (χ2v) is 6.95. The molecular formula is C10H18Br2O. The van der Waals surface area contributed by atoms with Crippen molar-refractivity contribution in [1.82, 2.24) is 0 Å². The molecule has 0 heterocycles. The van der Waals surface area contributed by atoms with E-state index in [2.05, 4.69) is 52.6 Å². The molecule has 13 heavy (non-hydrogen) atoms. The Hall–Kier alpha value is 0.660. The van der Waals surface area contributed by atoms with Gasteiger partial charge >= 0.3 is 0 Å². The molecule has 0 aliphatic rings. The standard InChI is InChI=1S/C10H18Br2O/c1-8(6-7-13)4-5-9(11)10(2,3)12/h6,9,13H,4-5,7H2,1-3H3/b8-6+. The van der Waals surface area contributed by atoms with Crippen molar-refractivity contribution in [3.63, 3.8) is 0 Å². The zero-order chi connectivity index (χ0) is 10.5. The van der Waals surface area contributed by atoms with Gasteiger partial charge in [0.1, 0.15) is 0 Å². The predicted octanol–water partition coefficient (Wildman–Crippen LogP) is 3.64. The fourth-order valence-corrected chi connectivity index (χ4v) is 1.41. The first-order valence-electron chi connectivity index (χ1n) is 4.47. The van der Waals surface area contributed by atoms with Crippen LogP contribution in [0.5, 0.6) is 0 Å². The molecule has 0 amide bonds. The lowest BCUT2D eigenvalue weighted by Gasteiger charge is -2.23. The first-order valence-corrected chi connectivity index (χ1v) is 6.18. The summed E-state index contributed by atoms with van der Waals surface area (Å²) in [5.41, 5.74) is 1.25. The number of hydrogen-bond donors (Lipinski definition) is 1. The molecule has 78 valence electrons. The van der Waals surface area contributed by atoms with Crippen molar-refractivity contribution < 1.29 is 5.11 Å². The molecule has 3 heteroatoms. The van der Waals surface area contributed by atoms with Gasteiger partial charge in [0.05, 0.1) is 6.61 Å². The van der Waals surface area contributed by atoms with E-state index in [1.54, 1.807) is 0 Å². The smallest absolute Gasteiger partial charge is 0.0614 e. The van der Waals surface area contributed by atoms with Crippen LogP contribution in [0.1, 0.15) is 33.6 Å². The summed E-state index contributed by atoms with van der Waals surface area (Å²) >= 11 is 7.26. The number of halogens is 2. The third-order valence-electron chi connectivity index (χ3n) is 1.98. The van der Waals surface area contributed by atoms with Crippen LogP contribution in [0.25, 0.3) is 0 Å². The van der Waals surface area contributed by atoms with E-state index in [9.17, 15) is 0 Å². The Morgan fingerprint density at radius 2 is 2.08 bits per heavy atom. The topological polar surface area (TPSA) is 20.2 Å². The number of allylic oxidation sites excluding steroid dienone is 1. The van der Waals surface area contributed by atoms with E-state index < -0.39 is 0 Å². The molecule has 0 bridgehead atoms. The van der Waals surface area contributed by atoms with Crippen molar-refractivity contribution >= 4 is 31.9 Å².